The number of carbonyl (C=O) groups excluding carboxylic acids is 2. The van der Waals surface area contributed by atoms with E-state index < -0.39 is 11.9 Å². The van der Waals surface area contributed by atoms with Crippen LogP contribution in [0.4, 0.5) is 9.18 Å². The quantitative estimate of drug-likeness (QED) is 0.774. The second-order valence-corrected chi connectivity index (χ2v) is 7.31. The van der Waals surface area contributed by atoms with Gasteiger partial charge in [-0.05, 0) is 56.7 Å². The molecule has 2 amide bonds. The van der Waals surface area contributed by atoms with Gasteiger partial charge in [0.05, 0.1) is 4.91 Å². The van der Waals surface area contributed by atoms with E-state index in [4.69, 9.17) is 4.74 Å². The summed E-state index contributed by atoms with van der Waals surface area (Å²) < 4.78 is 19.1. The molecule has 0 spiro atoms. The van der Waals surface area contributed by atoms with Crippen molar-refractivity contribution in [2.45, 2.75) is 26.7 Å². The van der Waals surface area contributed by atoms with E-state index in [2.05, 4.69) is 10.4 Å². The molecular formula is C19H23FN4O3S. The maximum Gasteiger partial charge on any atom is 0.415 e. The Morgan fingerprint density at radius 2 is 2.18 bits per heavy atom. The third-order valence-electron chi connectivity index (χ3n) is 4.43. The van der Waals surface area contributed by atoms with Crippen LogP contribution in [0.2, 0.25) is 0 Å². The molecule has 28 heavy (non-hydrogen) atoms. The van der Waals surface area contributed by atoms with E-state index in [1.165, 1.54) is 28.8 Å². The van der Waals surface area contributed by atoms with Gasteiger partial charge in [-0.3, -0.25) is 9.80 Å². The van der Waals surface area contributed by atoms with Gasteiger partial charge in [0, 0.05) is 37.8 Å². The molecular weight excluding hydrogens is 383 g/mol. The van der Waals surface area contributed by atoms with Gasteiger partial charge in [-0.15, -0.1) is 0 Å². The molecule has 0 aliphatic carbocycles. The number of amides is 2. The van der Waals surface area contributed by atoms with Gasteiger partial charge in [0.15, 0.2) is 5.17 Å². The summed E-state index contributed by atoms with van der Waals surface area (Å²) in [6.45, 7) is 6.26. The highest BCUT2D eigenvalue weighted by Gasteiger charge is 2.27. The largest absolute Gasteiger partial charge is 0.415 e. The molecule has 0 unspecified atom stereocenters. The van der Waals surface area contributed by atoms with Gasteiger partial charge in [0.2, 0.25) is 0 Å². The lowest BCUT2D eigenvalue weighted by Gasteiger charge is -2.28. The predicted molar refractivity (Wildman–Crippen MR) is 107 cm³/mol. The Morgan fingerprint density at radius 3 is 2.86 bits per heavy atom. The minimum absolute atomic E-state index is 0.0716. The van der Waals surface area contributed by atoms with Gasteiger partial charge < -0.3 is 9.64 Å². The van der Waals surface area contributed by atoms with Crippen LogP contribution in [-0.4, -0.2) is 53.3 Å². The zero-order chi connectivity index (χ0) is 20.1. The molecule has 1 aromatic carbocycles. The molecule has 0 radical (unpaired) electrons. The normalized spacial score (nSPS) is 18.4. The van der Waals surface area contributed by atoms with Crippen LogP contribution in [0.3, 0.4) is 0 Å². The summed E-state index contributed by atoms with van der Waals surface area (Å²) >= 11 is 1.25. The number of hydrogen-bond acceptors (Lipinski definition) is 6. The fourth-order valence-electron chi connectivity index (χ4n) is 2.86. The molecule has 1 N–H and O–H groups in total. The van der Waals surface area contributed by atoms with Crippen LogP contribution in [-0.2, 0) is 4.79 Å². The summed E-state index contributed by atoms with van der Waals surface area (Å²) in [5.41, 5.74) is 3.66. The molecule has 1 fully saturated rings. The highest BCUT2D eigenvalue weighted by molar-refractivity contribution is 8.18. The number of benzene rings is 1. The van der Waals surface area contributed by atoms with E-state index in [0.29, 0.717) is 28.7 Å². The summed E-state index contributed by atoms with van der Waals surface area (Å²) in [5.74, 6) is -0.815. The number of rotatable bonds is 4. The number of aliphatic imine (C=N–C) groups is 1. The molecule has 1 aromatic rings. The molecule has 0 saturated carbocycles. The van der Waals surface area contributed by atoms with Gasteiger partial charge in [-0.1, -0.05) is 0 Å². The van der Waals surface area contributed by atoms with Crippen molar-refractivity contribution in [2.75, 3.05) is 26.2 Å². The van der Waals surface area contributed by atoms with E-state index in [0.717, 1.165) is 32.0 Å². The Kier molecular flexibility index (Phi) is 6.69. The summed E-state index contributed by atoms with van der Waals surface area (Å²) in [4.78, 5) is 30.5. The summed E-state index contributed by atoms with van der Waals surface area (Å²) in [6, 6.07) is 3.89. The number of hydrogen-bond donors (Lipinski definition) is 1. The molecule has 0 atom stereocenters. The topological polar surface area (TPSA) is 74.2 Å². The lowest BCUT2D eigenvalue weighted by molar-refractivity contribution is -0.113. The Labute approximate surface area is 167 Å². The smallest absolute Gasteiger partial charge is 0.409 e. The van der Waals surface area contributed by atoms with Gasteiger partial charge >= 0.3 is 6.09 Å². The van der Waals surface area contributed by atoms with Crippen LogP contribution < -0.4 is 10.2 Å². The number of amidine groups is 1. The first kappa shape index (κ1) is 20.3. The van der Waals surface area contributed by atoms with Crippen molar-refractivity contribution in [1.29, 1.82) is 0 Å². The summed E-state index contributed by atoms with van der Waals surface area (Å²) in [6.07, 6.45) is 3.14. The number of nitrogens with zero attached hydrogens (tertiary/aromatic N) is 3. The number of halogens is 1. The minimum atomic E-state index is -0.560. The van der Waals surface area contributed by atoms with Crippen molar-refractivity contribution in [3.8, 4) is 5.75 Å². The van der Waals surface area contributed by atoms with Crippen LogP contribution in [0.25, 0.3) is 6.08 Å². The van der Waals surface area contributed by atoms with Crippen LogP contribution >= 0.6 is 11.8 Å². The van der Waals surface area contributed by atoms with Gasteiger partial charge in [-0.2, -0.15) is 4.99 Å². The van der Waals surface area contributed by atoms with Crippen LogP contribution in [0.5, 0.6) is 5.75 Å². The van der Waals surface area contributed by atoms with Crippen molar-refractivity contribution in [1.82, 2.24) is 15.3 Å². The number of ether oxygens (including phenoxy) is 1. The summed E-state index contributed by atoms with van der Waals surface area (Å²) in [5, 5.41) is 2.47. The lowest BCUT2D eigenvalue weighted by Crippen LogP contribution is -2.45. The van der Waals surface area contributed by atoms with Crippen LogP contribution in [0.1, 0.15) is 32.3 Å². The van der Waals surface area contributed by atoms with E-state index in [1.807, 2.05) is 18.9 Å². The SMILES string of the molecule is CCN(CC)C(=O)Oc1cc(F)ccc1/C=C1/SC(N2CCCCN2)=NC1=O. The van der Waals surface area contributed by atoms with Crippen molar-refractivity contribution in [3.63, 3.8) is 0 Å². The Balaban J connectivity index is 1.80. The minimum Gasteiger partial charge on any atom is -0.409 e. The third-order valence-corrected chi connectivity index (χ3v) is 5.44. The molecule has 2 aliphatic rings. The molecule has 1 saturated heterocycles. The maximum atomic E-state index is 13.7. The fraction of sp³-hybridized carbons (Fsp3) is 0.421. The predicted octanol–water partition coefficient (Wildman–Crippen LogP) is 3.24. The first-order chi connectivity index (χ1) is 13.5. The average Bonchev–Trinajstić information content (AvgIpc) is 3.06. The Morgan fingerprint density at radius 1 is 1.39 bits per heavy atom. The zero-order valence-electron chi connectivity index (χ0n) is 15.9. The van der Waals surface area contributed by atoms with E-state index in [9.17, 15) is 14.0 Å². The first-order valence-corrected chi connectivity index (χ1v) is 10.1. The second kappa shape index (κ2) is 9.20. The molecule has 0 bridgehead atoms. The van der Waals surface area contributed by atoms with Gasteiger partial charge in [-0.25, -0.2) is 14.6 Å². The molecule has 3 rings (SSSR count). The molecule has 7 nitrogen and oxygen atoms in total. The zero-order valence-corrected chi connectivity index (χ0v) is 16.7. The highest BCUT2D eigenvalue weighted by atomic mass is 32.2. The molecule has 2 aliphatic heterocycles. The Bertz CT molecular complexity index is 817. The van der Waals surface area contributed by atoms with Gasteiger partial charge in [0.25, 0.3) is 5.91 Å². The van der Waals surface area contributed by atoms with E-state index in [-0.39, 0.29) is 11.7 Å². The lowest BCUT2D eigenvalue weighted by atomic mass is 10.2. The first-order valence-electron chi connectivity index (χ1n) is 9.31. The van der Waals surface area contributed by atoms with Crippen molar-refractivity contribution in [2.24, 2.45) is 4.99 Å². The van der Waals surface area contributed by atoms with Gasteiger partial charge in [0.1, 0.15) is 11.6 Å². The number of carbonyl (C=O) groups is 2. The number of thioether (sulfide) groups is 1. The molecule has 2 heterocycles. The van der Waals surface area contributed by atoms with Crippen molar-refractivity contribution in [3.05, 3.63) is 34.5 Å². The number of hydrazine groups is 1. The maximum absolute atomic E-state index is 13.7. The standard InChI is InChI=1S/C19H23FN4O3S/c1-3-23(4-2)19(26)27-15-12-14(20)8-7-13(15)11-16-17(25)22-18(28-16)24-10-6-5-9-21-24/h7-8,11-12,21H,3-6,9-10H2,1-2H3/b16-11+. The van der Waals surface area contributed by atoms with E-state index in [1.54, 1.807) is 6.08 Å². The van der Waals surface area contributed by atoms with Crippen molar-refractivity contribution < 1.29 is 18.7 Å². The fourth-order valence-corrected chi connectivity index (χ4v) is 3.77. The van der Waals surface area contributed by atoms with Crippen LogP contribution in [0.15, 0.2) is 28.1 Å². The highest BCUT2D eigenvalue weighted by Crippen LogP contribution is 2.33. The second-order valence-electron chi connectivity index (χ2n) is 6.30. The molecule has 9 heteroatoms. The van der Waals surface area contributed by atoms with E-state index >= 15 is 0 Å². The monoisotopic (exact) mass is 406 g/mol. The van der Waals surface area contributed by atoms with Crippen molar-refractivity contribution >= 4 is 35.0 Å². The summed E-state index contributed by atoms with van der Waals surface area (Å²) in [7, 11) is 0. The molecule has 150 valence electrons. The Hall–Kier alpha value is -2.39. The average molecular weight is 406 g/mol. The van der Waals surface area contributed by atoms with Crippen LogP contribution in [0, 0.1) is 5.82 Å². The number of nitrogens with one attached hydrogen (secondary N) is 1. The third kappa shape index (κ3) is 4.71. The molecule has 0 aromatic heterocycles.